The second kappa shape index (κ2) is 7.00. The number of pyridine rings is 1. The number of halogens is 1. The van der Waals surface area contributed by atoms with E-state index in [2.05, 4.69) is 0 Å². The molecular weight excluding hydrogens is 361 g/mol. The summed E-state index contributed by atoms with van der Waals surface area (Å²) in [6, 6.07) is 8.02. The molecule has 3 rings (SSSR count). The SMILES string of the molecule is Cn1ccc(C(=O)N2CCN(S(=O)(=O)c3ccccc3F)CC2)cc1=O. The Morgan fingerprint density at radius 3 is 2.35 bits per heavy atom. The number of aromatic nitrogens is 1. The average molecular weight is 379 g/mol. The molecule has 138 valence electrons. The minimum absolute atomic E-state index is 0.0627. The molecule has 0 atom stereocenters. The van der Waals surface area contributed by atoms with Crippen LogP contribution in [0.5, 0.6) is 0 Å². The third-order valence-electron chi connectivity index (χ3n) is 4.33. The van der Waals surface area contributed by atoms with Gasteiger partial charge in [0.2, 0.25) is 10.0 Å². The van der Waals surface area contributed by atoms with E-state index >= 15 is 0 Å². The number of carbonyl (C=O) groups is 1. The highest BCUT2D eigenvalue weighted by Crippen LogP contribution is 2.20. The van der Waals surface area contributed by atoms with E-state index in [0.717, 1.165) is 6.07 Å². The van der Waals surface area contributed by atoms with E-state index in [1.807, 2.05) is 0 Å². The van der Waals surface area contributed by atoms with Gasteiger partial charge in [-0.2, -0.15) is 4.31 Å². The number of amides is 1. The van der Waals surface area contributed by atoms with Crippen molar-refractivity contribution < 1.29 is 17.6 Å². The second-order valence-corrected chi connectivity index (χ2v) is 7.90. The van der Waals surface area contributed by atoms with Gasteiger partial charge >= 0.3 is 0 Å². The van der Waals surface area contributed by atoms with E-state index in [1.54, 1.807) is 13.1 Å². The molecule has 1 aromatic carbocycles. The summed E-state index contributed by atoms with van der Waals surface area (Å²) in [6.45, 7) is 0.462. The molecule has 2 aromatic rings. The Labute approximate surface area is 150 Å². The van der Waals surface area contributed by atoms with Gasteiger partial charge < -0.3 is 9.47 Å². The van der Waals surface area contributed by atoms with Crippen molar-refractivity contribution in [2.45, 2.75) is 4.90 Å². The lowest BCUT2D eigenvalue weighted by Gasteiger charge is -2.34. The van der Waals surface area contributed by atoms with E-state index < -0.39 is 15.8 Å². The number of piperazine rings is 1. The van der Waals surface area contributed by atoms with Crippen molar-refractivity contribution in [1.29, 1.82) is 0 Å². The quantitative estimate of drug-likeness (QED) is 0.785. The van der Waals surface area contributed by atoms with Gasteiger partial charge in [0.25, 0.3) is 11.5 Å². The largest absolute Gasteiger partial charge is 0.336 e. The maximum absolute atomic E-state index is 13.8. The Morgan fingerprint density at radius 2 is 1.73 bits per heavy atom. The van der Waals surface area contributed by atoms with E-state index in [0.29, 0.717) is 0 Å². The summed E-state index contributed by atoms with van der Waals surface area (Å²) in [7, 11) is -2.37. The summed E-state index contributed by atoms with van der Waals surface area (Å²) < 4.78 is 41.5. The van der Waals surface area contributed by atoms with Crippen molar-refractivity contribution in [3.05, 3.63) is 64.3 Å². The third kappa shape index (κ3) is 3.40. The number of hydrogen-bond donors (Lipinski definition) is 0. The highest BCUT2D eigenvalue weighted by molar-refractivity contribution is 7.89. The van der Waals surface area contributed by atoms with Crippen LogP contribution < -0.4 is 5.56 Å². The molecule has 2 heterocycles. The maximum Gasteiger partial charge on any atom is 0.254 e. The summed E-state index contributed by atoms with van der Waals surface area (Å²) in [6.07, 6.45) is 1.51. The fraction of sp³-hybridized carbons (Fsp3) is 0.294. The van der Waals surface area contributed by atoms with Gasteiger partial charge in [-0.05, 0) is 18.2 Å². The number of aryl methyl sites for hydroxylation is 1. The second-order valence-electron chi connectivity index (χ2n) is 5.99. The van der Waals surface area contributed by atoms with Crippen LogP contribution in [-0.2, 0) is 17.1 Å². The van der Waals surface area contributed by atoms with Gasteiger partial charge in [-0.3, -0.25) is 9.59 Å². The van der Waals surface area contributed by atoms with Gasteiger partial charge in [-0.25, -0.2) is 12.8 Å². The molecular formula is C17H18FN3O4S. The molecule has 1 aliphatic heterocycles. The van der Waals surface area contributed by atoms with Crippen LogP contribution in [0.15, 0.2) is 52.3 Å². The van der Waals surface area contributed by atoms with Crippen molar-refractivity contribution in [3.63, 3.8) is 0 Å². The first kappa shape index (κ1) is 18.3. The maximum atomic E-state index is 13.8. The van der Waals surface area contributed by atoms with Crippen LogP contribution in [0.25, 0.3) is 0 Å². The zero-order valence-corrected chi connectivity index (χ0v) is 14.9. The summed E-state index contributed by atoms with van der Waals surface area (Å²) in [5.74, 6) is -1.13. The first-order valence-electron chi connectivity index (χ1n) is 8.01. The molecule has 0 spiro atoms. The van der Waals surface area contributed by atoms with Crippen LogP contribution >= 0.6 is 0 Å². The lowest BCUT2D eigenvalue weighted by Crippen LogP contribution is -2.50. The molecule has 0 aliphatic carbocycles. The van der Waals surface area contributed by atoms with E-state index in [1.165, 1.54) is 44.2 Å². The van der Waals surface area contributed by atoms with Crippen molar-refractivity contribution >= 4 is 15.9 Å². The normalized spacial score (nSPS) is 15.8. The molecule has 26 heavy (non-hydrogen) atoms. The Morgan fingerprint density at radius 1 is 1.08 bits per heavy atom. The number of benzene rings is 1. The molecule has 1 aliphatic rings. The van der Waals surface area contributed by atoms with E-state index in [9.17, 15) is 22.4 Å². The van der Waals surface area contributed by atoms with Crippen molar-refractivity contribution in [1.82, 2.24) is 13.8 Å². The molecule has 0 saturated carbocycles. The molecule has 1 amide bonds. The van der Waals surface area contributed by atoms with Crippen LogP contribution in [-0.4, -0.2) is 54.3 Å². The number of sulfonamides is 1. The smallest absolute Gasteiger partial charge is 0.254 e. The van der Waals surface area contributed by atoms with Gasteiger partial charge in [0.1, 0.15) is 10.7 Å². The van der Waals surface area contributed by atoms with Gasteiger partial charge in [0.05, 0.1) is 0 Å². The average Bonchev–Trinajstić information content (AvgIpc) is 2.63. The fourth-order valence-corrected chi connectivity index (χ4v) is 4.28. The first-order chi connectivity index (χ1) is 12.3. The Bertz CT molecular complexity index is 995. The first-order valence-corrected chi connectivity index (χ1v) is 9.45. The van der Waals surface area contributed by atoms with Gasteiger partial charge in [-0.1, -0.05) is 12.1 Å². The molecule has 0 unspecified atom stereocenters. The molecule has 7 nitrogen and oxygen atoms in total. The van der Waals surface area contributed by atoms with Crippen LogP contribution in [0.4, 0.5) is 4.39 Å². The van der Waals surface area contributed by atoms with Gasteiger partial charge in [-0.15, -0.1) is 0 Å². The van der Waals surface area contributed by atoms with Crippen LogP contribution in [0.2, 0.25) is 0 Å². The summed E-state index contributed by atoms with van der Waals surface area (Å²) in [4.78, 5) is 25.3. The van der Waals surface area contributed by atoms with Gasteiger partial charge in [0, 0.05) is 51.1 Å². The Balaban J connectivity index is 1.73. The highest BCUT2D eigenvalue weighted by Gasteiger charge is 2.32. The summed E-state index contributed by atoms with van der Waals surface area (Å²) in [5.41, 5.74) is -0.0323. The third-order valence-corrected chi connectivity index (χ3v) is 6.26. The Kier molecular flexibility index (Phi) is 4.92. The minimum atomic E-state index is -3.95. The van der Waals surface area contributed by atoms with E-state index in [4.69, 9.17) is 0 Å². The molecule has 1 fully saturated rings. The number of carbonyl (C=O) groups excluding carboxylic acids is 1. The van der Waals surface area contributed by atoms with E-state index in [-0.39, 0.29) is 48.1 Å². The lowest BCUT2D eigenvalue weighted by molar-refractivity contribution is 0.0697. The summed E-state index contributed by atoms with van der Waals surface area (Å²) in [5, 5.41) is 0. The van der Waals surface area contributed by atoms with Gasteiger partial charge in [0.15, 0.2) is 0 Å². The topological polar surface area (TPSA) is 79.7 Å². The molecule has 0 radical (unpaired) electrons. The predicted molar refractivity (Wildman–Crippen MR) is 92.7 cm³/mol. The van der Waals surface area contributed by atoms with Crippen LogP contribution in [0.3, 0.4) is 0 Å². The number of hydrogen-bond acceptors (Lipinski definition) is 4. The Hall–Kier alpha value is -2.52. The molecule has 1 saturated heterocycles. The zero-order valence-electron chi connectivity index (χ0n) is 14.1. The van der Waals surface area contributed by atoms with Crippen LogP contribution in [0.1, 0.15) is 10.4 Å². The zero-order chi connectivity index (χ0) is 18.9. The number of rotatable bonds is 3. The van der Waals surface area contributed by atoms with Crippen LogP contribution in [0, 0.1) is 5.82 Å². The summed E-state index contributed by atoms with van der Waals surface area (Å²) >= 11 is 0. The van der Waals surface area contributed by atoms with Crippen molar-refractivity contribution in [2.75, 3.05) is 26.2 Å². The molecule has 1 aromatic heterocycles. The molecule has 0 bridgehead atoms. The lowest BCUT2D eigenvalue weighted by atomic mass is 10.2. The monoisotopic (exact) mass is 379 g/mol. The predicted octanol–water partition coefficient (Wildman–Crippen LogP) is 0.671. The molecule has 0 N–H and O–H groups in total. The number of nitrogens with zero attached hydrogens (tertiary/aromatic N) is 3. The fourth-order valence-electron chi connectivity index (χ4n) is 2.79. The van der Waals surface area contributed by atoms with Crippen molar-refractivity contribution in [3.8, 4) is 0 Å². The standard InChI is InChI=1S/C17H18FN3O4S/c1-19-7-6-13(12-16(19)22)17(23)20-8-10-21(11-9-20)26(24,25)15-5-3-2-4-14(15)18/h2-7,12H,8-11H2,1H3. The highest BCUT2D eigenvalue weighted by atomic mass is 32.2. The molecule has 9 heteroatoms. The minimum Gasteiger partial charge on any atom is -0.336 e. The van der Waals surface area contributed by atoms with Crippen molar-refractivity contribution in [2.24, 2.45) is 7.05 Å².